The van der Waals surface area contributed by atoms with Crippen molar-refractivity contribution >= 4 is 11.9 Å². The number of carboxylic acids is 1. The topological polar surface area (TPSA) is 70.1 Å². The van der Waals surface area contributed by atoms with Gasteiger partial charge in [0.05, 0.1) is 25.7 Å². The molecule has 0 radical (unpaired) electrons. The molecule has 2 rings (SSSR count). The lowest BCUT2D eigenvalue weighted by Gasteiger charge is -2.30. The van der Waals surface area contributed by atoms with Crippen molar-refractivity contribution in [1.29, 1.82) is 0 Å². The Kier molecular flexibility index (Phi) is 5.99. The van der Waals surface area contributed by atoms with Crippen molar-refractivity contribution in [2.24, 2.45) is 5.92 Å². The van der Waals surface area contributed by atoms with Crippen LogP contribution in [0.25, 0.3) is 0 Å². The summed E-state index contributed by atoms with van der Waals surface area (Å²) in [5, 5.41) is 9.18. The van der Waals surface area contributed by atoms with E-state index in [2.05, 4.69) is 0 Å². The van der Waals surface area contributed by atoms with E-state index in [-0.39, 0.29) is 25.1 Å². The number of rotatable bonds is 4. The average molecular weight is 298 g/mol. The van der Waals surface area contributed by atoms with Crippen molar-refractivity contribution in [3.63, 3.8) is 0 Å². The molecule has 2 heterocycles. The molecule has 0 bridgehead atoms. The Morgan fingerprint density at radius 1 is 1.14 bits per heavy atom. The van der Waals surface area contributed by atoms with Crippen LogP contribution in [-0.2, 0) is 14.3 Å². The third kappa shape index (κ3) is 4.41. The van der Waals surface area contributed by atoms with Crippen molar-refractivity contribution in [2.45, 2.75) is 38.1 Å². The maximum Gasteiger partial charge on any atom is 0.310 e. The number of nitrogens with zero attached hydrogens (tertiary/aromatic N) is 2. The Labute approximate surface area is 126 Å². The van der Waals surface area contributed by atoms with E-state index in [1.807, 2.05) is 16.8 Å². The standard InChI is InChI=1S/C15H26N2O4/c1-16(13-11-21-10-12(13)15(19)20)9-14(18)17-7-5-3-2-4-6-8-17/h12-13H,2-11H2,1H3,(H,19,20). The molecule has 1 N–H and O–H groups in total. The summed E-state index contributed by atoms with van der Waals surface area (Å²) in [5.74, 6) is -1.27. The van der Waals surface area contributed by atoms with E-state index < -0.39 is 11.9 Å². The molecule has 2 unspecified atom stereocenters. The van der Waals surface area contributed by atoms with Crippen molar-refractivity contribution in [3.05, 3.63) is 0 Å². The summed E-state index contributed by atoms with van der Waals surface area (Å²) in [6, 6.07) is -0.207. The van der Waals surface area contributed by atoms with Gasteiger partial charge in [-0.2, -0.15) is 0 Å². The van der Waals surface area contributed by atoms with Gasteiger partial charge < -0.3 is 14.7 Å². The minimum Gasteiger partial charge on any atom is -0.481 e. The van der Waals surface area contributed by atoms with E-state index in [1.165, 1.54) is 19.3 Å². The molecular weight excluding hydrogens is 272 g/mol. The molecule has 6 heteroatoms. The second-order valence-electron chi connectivity index (χ2n) is 6.11. The van der Waals surface area contributed by atoms with Crippen LogP contribution in [0.2, 0.25) is 0 Å². The monoisotopic (exact) mass is 298 g/mol. The lowest BCUT2D eigenvalue weighted by atomic mass is 10.0. The first-order valence-electron chi connectivity index (χ1n) is 7.88. The van der Waals surface area contributed by atoms with Crippen LogP contribution in [0.1, 0.15) is 32.1 Å². The van der Waals surface area contributed by atoms with Gasteiger partial charge in [-0.25, -0.2) is 0 Å². The fourth-order valence-electron chi connectivity index (χ4n) is 3.14. The zero-order chi connectivity index (χ0) is 15.2. The highest BCUT2D eigenvalue weighted by Crippen LogP contribution is 2.19. The molecule has 0 aromatic rings. The molecule has 120 valence electrons. The van der Waals surface area contributed by atoms with Crippen molar-refractivity contribution in [2.75, 3.05) is 39.9 Å². The van der Waals surface area contributed by atoms with Gasteiger partial charge in [-0.1, -0.05) is 19.3 Å². The van der Waals surface area contributed by atoms with Gasteiger partial charge in [-0.05, 0) is 19.9 Å². The first-order chi connectivity index (χ1) is 10.1. The smallest absolute Gasteiger partial charge is 0.310 e. The maximum absolute atomic E-state index is 12.4. The van der Waals surface area contributed by atoms with Crippen molar-refractivity contribution in [3.8, 4) is 0 Å². The van der Waals surface area contributed by atoms with Crippen LogP contribution >= 0.6 is 0 Å². The van der Waals surface area contributed by atoms with E-state index in [0.29, 0.717) is 6.61 Å². The second-order valence-corrected chi connectivity index (χ2v) is 6.11. The molecule has 2 atom stereocenters. The van der Waals surface area contributed by atoms with Crippen molar-refractivity contribution in [1.82, 2.24) is 9.80 Å². The highest BCUT2D eigenvalue weighted by Gasteiger charge is 2.37. The van der Waals surface area contributed by atoms with Crippen LogP contribution < -0.4 is 0 Å². The number of aliphatic carboxylic acids is 1. The lowest BCUT2D eigenvalue weighted by molar-refractivity contribution is -0.144. The summed E-state index contributed by atoms with van der Waals surface area (Å²) in [7, 11) is 1.82. The van der Waals surface area contributed by atoms with Crippen molar-refractivity contribution < 1.29 is 19.4 Å². The van der Waals surface area contributed by atoms with Gasteiger partial charge in [0.15, 0.2) is 0 Å². The summed E-state index contributed by atoms with van der Waals surface area (Å²) in [6.45, 7) is 2.56. The molecule has 1 amide bonds. The SMILES string of the molecule is CN(CC(=O)N1CCCCCCC1)C1COCC1C(=O)O. The molecule has 2 aliphatic heterocycles. The first kappa shape index (κ1) is 16.2. The number of ether oxygens (including phenoxy) is 1. The number of amides is 1. The Morgan fingerprint density at radius 2 is 1.76 bits per heavy atom. The molecule has 21 heavy (non-hydrogen) atoms. The van der Waals surface area contributed by atoms with Gasteiger partial charge in [0, 0.05) is 19.1 Å². The highest BCUT2D eigenvalue weighted by molar-refractivity contribution is 5.78. The molecule has 0 aromatic carbocycles. The number of carboxylic acid groups (broad SMARTS) is 1. The summed E-state index contributed by atoms with van der Waals surface area (Å²) in [4.78, 5) is 27.4. The van der Waals surface area contributed by atoms with Crippen LogP contribution in [-0.4, -0.2) is 72.7 Å². The number of hydrogen-bond acceptors (Lipinski definition) is 4. The normalized spacial score (nSPS) is 27.4. The molecule has 2 saturated heterocycles. The minimum absolute atomic E-state index is 0.107. The Balaban J connectivity index is 1.87. The molecule has 6 nitrogen and oxygen atoms in total. The molecule has 0 aromatic heterocycles. The van der Waals surface area contributed by atoms with E-state index >= 15 is 0 Å². The second kappa shape index (κ2) is 7.75. The van der Waals surface area contributed by atoms with E-state index in [9.17, 15) is 14.7 Å². The lowest BCUT2D eigenvalue weighted by Crippen LogP contribution is -2.47. The number of carbonyl (C=O) groups excluding carboxylic acids is 1. The third-order valence-corrected chi connectivity index (χ3v) is 4.53. The Hall–Kier alpha value is -1.14. The first-order valence-corrected chi connectivity index (χ1v) is 7.88. The van der Waals surface area contributed by atoms with Crippen LogP contribution in [0.3, 0.4) is 0 Å². The van der Waals surface area contributed by atoms with Gasteiger partial charge in [0.1, 0.15) is 0 Å². The highest BCUT2D eigenvalue weighted by atomic mass is 16.5. The predicted octanol–water partition coefficient (Wildman–Crippen LogP) is 0.810. The van der Waals surface area contributed by atoms with Crippen LogP contribution in [0, 0.1) is 5.92 Å². The summed E-state index contributed by atoms with van der Waals surface area (Å²) in [5.41, 5.74) is 0. The molecule has 2 fully saturated rings. The summed E-state index contributed by atoms with van der Waals surface area (Å²) < 4.78 is 5.27. The van der Waals surface area contributed by atoms with Gasteiger partial charge in [-0.15, -0.1) is 0 Å². The van der Waals surface area contributed by atoms with Gasteiger partial charge in [0.25, 0.3) is 0 Å². The third-order valence-electron chi connectivity index (χ3n) is 4.53. The van der Waals surface area contributed by atoms with Gasteiger partial charge in [0.2, 0.25) is 5.91 Å². The van der Waals surface area contributed by atoms with Gasteiger partial charge in [-0.3, -0.25) is 14.5 Å². The number of likely N-dealkylation sites (N-methyl/N-ethyl adjacent to an activating group) is 1. The van der Waals surface area contributed by atoms with E-state index in [1.54, 1.807) is 0 Å². The van der Waals surface area contributed by atoms with Gasteiger partial charge >= 0.3 is 5.97 Å². The number of likely N-dealkylation sites (tertiary alicyclic amines) is 1. The summed E-state index contributed by atoms with van der Waals surface area (Å²) >= 11 is 0. The number of carbonyl (C=O) groups is 2. The molecule has 0 aliphatic carbocycles. The van der Waals surface area contributed by atoms with Crippen LogP contribution in [0.5, 0.6) is 0 Å². The predicted molar refractivity (Wildman–Crippen MR) is 78.0 cm³/mol. The molecule has 2 aliphatic rings. The van der Waals surface area contributed by atoms with E-state index in [0.717, 1.165) is 25.9 Å². The minimum atomic E-state index is -0.844. The molecule has 0 spiro atoms. The Morgan fingerprint density at radius 3 is 2.38 bits per heavy atom. The zero-order valence-electron chi connectivity index (χ0n) is 12.8. The van der Waals surface area contributed by atoms with Crippen LogP contribution in [0.15, 0.2) is 0 Å². The maximum atomic E-state index is 12.4. The summed E-state index contributed by atoms with van der Waals surface area (Å²) in [6.07, 6.45) is 5.79. The quantitative estimate of drug-likeness (QED) is 0.832. The molecular formula is C15H26N2O4. The molecule has 0 saturated carbocycles. The van der Waals surface area contributed by atoms with E-state index in [4.69, 9.17) is 4.74 Å². The fourth-order valence-corrected chi connectivity index (χ4v) is 3.14. The fraction of sp³-hybridized carbons (Fsp3) is 0.867. The largest absolute Gasteiger partial charge is 0.481 e. The van der Waals surface area contributed by atoms with Crippen LogP contribution in [0.4, 0.5) is 0 Å². The average Bonchev–Trinajstić information content (AvgIpc) is 2.87. The zero-order valence-corrected chi connectivity index (χ0v) is 12.8. The Bertz CT molecular complexity index is 367. The number of hydrogen-bond donors (Lipinski definition) is 1.